The van der Waals surface area contributed by atoms with Crippen molar-refractivity contribution in [2.75, 3.05) is 22.7 Å². The van der Waals surface area contributed by atoms with Gasteiger partial charge in [0, 0.05) is 24.3 Å². The Kier molecular flexibility index (Phi) is 5.19. The van der Waals surface area contributed by atoms with Gasteiger partial charge >= 0.3 is 0 Å². The third-order valence-electron chi connectivity index (χ3n) is 4.95. The van der Waals surface area contributed by atoms with Gasteiger partial charge in [-0.15, -0.1) is 10.2 Å². The van der Waals surface area contributed by atoms with Crippen molar-refractivity contribution in [3.8, 4) is 11.3 Å². The van der Waals surface area contributed by atoms with E-state index >= 15 is 0 Å². The van der Waals surface area contributed by atoms with Crippen LogP contribution in [0, 0.1) is 12.7 Å². The summed E-state index contributed by atoms with van der Waals surface area (Å²) in [4.78, 5) is 2.23. The lowest BCUT2D eigenvalue weighted by molar-refractivity contribution is 0.598. The number of anilines is 2. The molecule has 0 aliphatic carbocycles. The largest absolute Gasteiger partial charge is 0.355 e. The first-order valence-electron chi connectivity index (χ1n) is 9.40. The van der Waals surface area contributed by atoms with Gasteiger partial charge in [-0.3, -0.25) is 4.72 Å². The lowest BCUT2D eigenvalue weighted by Gasteiger charge is -2.15. The Morgan fingerprint density at radius 2 is 1.69 bits per heavy atom. The number of aromatic nitrogens is 2. The second-order valence-corrected chi connectivity index (χ2v) is 8.75. The van der Waals surface area contributed by atoms with Gasteiger partial charge in [-0.2, -0.15) is 0 Å². The topological polar surface area (TPSA) is 75.2 Å². The van der Waals surface area contributed by atoms with Crippen molar-refractivity contribution in [3.05, 3.63) is 66.0 Å². The van der Waals surface area contributed by atoms with Gasteiger partial charge in [0.1, 0.15) is 5.82 Å². The van der Waals surface area contributed by atoms with Crippen LogP contribution in [0.4, 0.5) is 15.9 Å². The van der Waals surface area contributed by atoms with E-state index in [0.717, 1.165) is 36.2 Å². The molecule has 2 heterocycles. The van der Waals surface area contributed by atoms with E-state index < -0.39 is 15.8 Å². The molecule has 1 N–H and O–H groups in total. The fourth-order valence-electron chi connectivity index (χ4n) is 3.30. The minimum Gasteiger partial charge on any atom is -0.355 e. The van der Waals surface area contributed by atoms with Crippen molar-refractivity contribution in [3.63, 3.8) is 0 Å². The van der Waals surface area contributed by atoms with Crippen LogP contribution in [-0.2, 0) is 10.0 Å². The Hall–Kier alpha value is -3.00. The molecule has 0 bridgehead atoms. The minimum absolute atomic E-state index is 0.0174. The third kappa shape index (κ3) is 4.22. The van der Waals surface area contributed by atoms with Crippen LogP contribution >= 0.6 is 0 Å². The first-order chi connectivity index (χ1) is 13.9. The van der Waals surface area contributed by atoms with Gasteiger partial charge in [-0.1, -0.05) is 12.1 Å². The van der Waals surface area contributed by atoms with E-state index in [1.807, 2.05) is 12.1 Å². The normalized spacial score (nSPS) is 14.2. The maximum atomic E-state index is 13.4. The van der Waals surface area contributed by atoms with Crippen LogP contribution in [-0.4, -0.2) is 31.7 Å². The number of aryl methyl sites for hydroxylation is 1. The number of sulfonamides is 1. The Bertz CT molecular complexity index is 1110. The van der Waals surface area contributed by atoms with Gasteiger partial charge in [0.25, 0.3) is 10.0 Å². The van der Waals surface area contributed by atoms with Gasteiger partial charge in [0.15, 0.2) is 5.82 Å². The Labute approximate surface area is 169 Å². The van der Waals surface area contributed by atoms with Gasteiger partial charge in [-0.25, -0.2) is 12.8 Å². The summed E-state index contributed by atoms with van der Waals surface area (Å²) in [5.41, 5.74) is 2.25. The average Bonchev–Trinajstić information content (AvgIpc) is 3.25. The molecule has 0 spiro atoms. The van der Waals surface area contributed by atoms with Crippen LogP contribution < -0.4 is 9.62 Å². The number of hydrogen-bond donors (Lipinski definition) is 1. The summed E-state index contributed by atoms with van der Waals surface area (Å²) in [5.74, 6) is 0.440. The Balaban J connectivity index is 1.49. The van der Waals surface area contributed by atoms with Crippen LogP contribution in [0.1, 0.15) is 18.4 Å². The second-order valence-electron chi connectivity index (χ2n) is 7.06. The molecular weight excluding hydrogens is 391 g/mol. The predicted molar refractivity (Wildman–Crippen MR) is 111 cm³/mol. The smallest absolute Gasteiger partial charge is 0.261 e. The standard InChI is InChI=1S/C21H21FN4O2S/c1-15-14-18(8-9-19(15)22)29(27,28)25-17-6-4-16(5-7-17)20-10-11-21(24-23-20)26-12-2-3-13-26/h4-11,14,25H,2-3,12-13H2,1H3. The number of nitrogens with one attached hydrogen (secondary N) is 1. The summed E-state index contributed by atoms with van der Waals surface area (Å²) in [6.07, 6.45) is 2.36. The van der Waals surface area contributed by atoms with Gasteiger partial charge in [-0.05, 0) is 67.8 Å². The Morgan fingerprint density at radius 1 is 0.966 bits per heavy atom. The molecule has 4 rings (SSSR count). The van der Waals surface area contributed by atoms with E-state index in [4.69, 9.17) is 0 Å². The summed E-state index contributed by atoms with van der Waals surface area (Å²) in [6, 6.07) is 14.5. The molecule has 29 heavy (non-hydrogen) atoms. The second kappa shape index (κ2) is 7.79. The molecule has 0 atom stereocenters. The lowest BCUT2D eigenvalue weighted by Crippen LogP contribution is -2.19. The first-order valence-corrected chi connectivity index (χ1v) is 10.9. The van der Waals surface area contributed by atoms with Gasteiger partial charge in [0.2, 0.25) is 0 Å². The maximum absolute atomic E-state index is 13.4. The molecule has 3 aromatic rings. The van der Waals surface area contributed by atoms with E-state index in [9.17, 15) is 12.8 Å². The fourth-order valence-corrected chi connectivity index (χ4v) is 4.44. The van der Waals surface area contributed by atoms with E-state index in [1.165, 1.54) is 31.9 Å². The molecule has 1 fully saturated rings. The van der Waals surface area contributed by atoms with Crippen LogP contribution in [0.2, 0.25) is 0 Å². The molecular formula is C21H21FN4O2S. The molecule has 1 aliphatic rings. The molecule has 0 radical (unpaired) electrons. The van der Waals surface area contributed by atoms with Crippen LogP contribution in [0.3, 0.4) is 0 Å². The number of rotatable bonds is 5. The van der Waals surface area contributed by atoms with E-state index in [2.05, 4.69) is 19.8 Å². The highest BCUT2D eigenvalue weighted by molar-refractivity contribution is 7.92. The fraction of sp³-hybridized carbons (Fsp3) is 0.238. The van der Waals surface area contributed by atoms with E-state index in [-0.39, 0.29) is 10.5 Å². The van der Waals surface area contributed by atoms with Crippen molar-refractivity contribution >= 4 is 21.5 Å². The molecule has 0 saturated carbocycles. The molecule has 6 nitrogen and oxygen atoms in total. The van der Waals surface area contributed by atoms with Crippen LogP contribution in [0.5, 0.6) is 0 Å². The van der Waals surface area contributed by atoms with Crippen molar-refractivity contribution in [1.82, 2.24) is 10.2 Å². The molecule has 1 aliphatic heterocycles. The maximum Gasteiger partial charge on any atom is 0.261 e. The van der Waals surface area contributed by atoms with Crippen molar-refractivity contribution < 1.29 is 12.8 Å². The lowest BCUT2D eigenvalue weighted by atomic mass is 10.1. The minimum atomic E-state index is -3.80. The summed E-state index contributed by atoms with van der Waals surface area (Å²) in [5, 5.41) is 8.61. The van der Waals surface area contributed by atoms with Gasteiger partial charge in [0.05, 0.1) is 10.6 Å². The zero-order valence-electron chi connectivity index (χ0n) is 16.0. The molecule has 8 heteroatoms. The molecule has 150 valence electrons. The number of benzene rings is 2. The van der Waals surface area contributed by atoms with Crippen molar-refractivity contribution in [2.24, 2.45) is 0 Å². The van der Waals surface area contributed by atoms with E-state index in [0.29, 0.717) is 5.69 Å². The monoisotopic (exact) mass is 412 g/mol. The van der Waals surface area contributed by atoms with Gasteiger partial charge < -0.3 is 4.90 Å². The Morgan fingerprint density at radius 3 is 2.31 bits per heavy atom. The summed E-state index contributed by atoms with van der Waals surface area (Å²) < 4.78 is 41.0. The van der Waals surface area contributed by atoms with Crippen LogP contribution in [0.15, 0.2) is 59.5 Å². The molecule has 0 amide bonds. The summed E-state index contributed by atoms with van der Waals surface area (Å²) >= 11 is 0. The molecule has 0 unspecified atom stereocenters. The number of nitrogens with zero attached hydrogens (tertiary/aromatic N) is 3. The highest BCUT2D eigenvalue weighted by Crippen LogP contribution is 2.24. The van der Waals surface area contributed by atoms with Crippen LogP contribution in [0.25, 0.3) is 11.3 Å². The summed E-state index contributed by atoms with van der Waals surface area (Å²) in [6.45, 7) is 3.55. The van der Waals surface area contributed by atoms with Crippen molar-refractivity contribution in [2.45, 2.75) is 24.7 Å². The molecule has 2 aromatic carbocycles. The number of hydrogen-bond acceptors (Lipinski definition) is 5. The molecule has 1 aromatic heterocycles. The molecule has 1 saturated heterocycles. The highest BCUT2D eigenvalue weighted by atomic mass is 32.2. The highest BCUT2D eigenvalue weighted by Gasteiger charge is 2.16. The quantitative estimate of drug-likeness (QED) is 0.686. The zero-order valence-corrected chi connectivity index (χ0v) is 16.8. The SMILES string of the molecule is Cc1cc(S(=O)(=O)Nc2ccc(-c3ccc(N4CCCC4)nn3)cc2)ccc1F. The number of halogens is 1. The summed E-state index contributed by atoms with van der Waals surface area (Å²) in [7, 11) is -3.80. The first kappa shape index (κ1) is 19.3. The average molecular weight is 412 g/mol. The third-order valence-corrected chi connectivity index (χ3v) is 6.33. The zero-order chi connectivity index (χ0) is 20.4. The predicted octanol–water partition coefficient (Wildman–Crippen LogP) is 3.99. The van der Waals surface area contributed by atoms with E-state index in [1.54, 1.807) is 24.3 Å². The van der Waals surface area contributed by atoms with Crippen molar-refractivity contribution in [1.29, 1.82) is 0 Å².